The molecule has 0 bridgehead atoms. The molecule has 0 aromatic carbocycles. The van der Waals surface area contributed by atoms with E-state index in [0.717, 1.165) is 107 Å². The van der Waals surface area contributed by atoms with Crippen LogP contribution in [-0.4, -0.2) is 29.2 Å². The minimum atomic E-state index is 0.716. The van der Waals surface area contributed by atoms with E-state index in [1.165, 1.54) is 57.8 Å². The van der Waals surface area contributed by atoms with E-state index in [4.69, 9.17) is 0 Å². The van der Waals surface area contributed by atoms with Gasteiger partial charge in [-0.15, -0.1) is 0 Å². The Morgan fingerprint density at radius 1 is 0.291 bits per heavy atom. The van der Waals surface area contributed by atoms with Crippen molar-refractivity contribution in [2.75, 3.05) is 0 Å². The maximum atomic E-state index is 4.41. The molecule has 1 aliphatic heterocycles. The Morgan fingerprint density at radius 3 is 1.38 bits per heavy atom. The van der Waals surface area contributed by atoms with Crippen molar-refractivity contribution >= 4 is 0 Å². The Bertz CT molecular complexity index is 1250. The number of hydrogen-bond donors (Lipinski definition) is 1. The Morgan fingerprint density at radius 2 is 0.727 bits per heavy atom. The van der Waals surface area contributed by atoms with E-state index in [1.807, 2.05) is 0 Å². The van der Waals surface area contributed by atoms with Gasteiger partial charge in [0.05, 0.1) is 6.17 Å². The monoisotopic (exact) mass is 753 g/mol. The van der Waals surface area contributed by atoms with Gasteiger partial charge in [-0.2, -0.15) is 0 Å². The van der Waals surface area contributed by atoms with Gasteiger partial charge in [0.25, 0.3) is 0 Å². The van der Waals surface area contributed by atoms with E-state index < -0.39 is 0 Å². The van der Waals surface area contributed by atoms with Crippen molar-refractivity contribution in [3.05, 3.63) is 0 Å². The Balaban J connectivity index is 0.826. The van der Waals surface area contributed by atoms with Crippen LogP contribution in [0.15, 0.2) is 0 Å². The van der Waals surface area contributed by atoms with Crippen molar-refractivity contribution < 1.29 is 0 Å². The topological polar surface area (TPSA) is 15.3 Å². The molecule has 0 amide bonds. The number of nitrogens with one attached hydrogen (secondary N) is 1. The number of nitrogens with zero attached hydrogens (tertiary/aromatic N) is 1. The highest BCUT2D eigenvalue weighted by Crippen LogP contribution is 2.65. The molecule has 10 aliphatic carbocycles. The lowest BCUT2D eigenvalue weighted by Gasteiger charge is -2.62. The first kappa shape index (κ1) is 37.9. The van der Waals surface area contributed by atoms with Crippen LogP contribution in [0.5, 0.6) is 0 Å². The standard InChI is InChI=1S/C53H88N2/c1-2-16-44(17-3-1)55-50-21-11-10-20-49(50)54-53(55)38-26-22-37(23-27-38)41-30-31-47-48(34-41)52(43-29-25-36-13-5-7-15-40(36)33-43)46-19-9-8-18-45(46)51(47)42-28-24-35-12-4-6-14-39(35)32-42/h35-54H,1-34H2. The fraction of sp³-hybridized carbons (Fsp3) is 1.00. The Hall–Kier alpha value is -0.0800. The molecule has 16 unspecified atom stereocenters. The second-order valence-electron chi connectivity index (χ2n) is 23.9. The molecular formula is C53H88N2. The van der Waals surface area contributed by atoms with Crippen molar-refractivity contribution in [2.24, 2.45) is 88.8 Å². The van der Waals surface area contributed by atoms with Gasteiger partial charge in [0.15, 0.2) is 0 Å². The minimum absolute atomic E-state index is 0.716. The van der Waals surface area contributed by atoms with Crippen LogP contribution in [0.2, 0.25) is 0 Å². The van der Waals surface area contributed by atoms with Gasteiger partial charge in [0.1, 0.15) is 0 Å². The molecule has 2 nitrogen and oxygen atoms in total. The summed E-state index contributed by atoms with van der Waals surface area (Å²) in [4.78, 5) is 3.19. The van der Waals surface area contributed by atoms with Crippen LogP contribution in [0.4, 0.5) is 0 Å². The van der Waals surface area contributed by atoms with E-state index in [0.29, 0.717) is 6.17 Å². The summed E-state index contributed by atoms with van der Waals surface area (Å²) in [6, 6.07) is 2.57. The van der Waals surface area contributed by atoms with Crippen LogP contribution < -0.4 is 5.32 Å². The maximum Gasteiger partial charge on any atom is 0.0634 e. The summed E-state index contributed by atoms with van der Waals surface area (Å²) >= 11 is 0. The van der Waals surface area contributed by atoms with E-state index in [-0.39, 0.29) is 0 Å². The molecule has 0 spiro atoms. The fourth-order valence-electron chi connectivity index (χ4n) is 19.7. The highest BCUT2D eigenvalue weighted by molar-refractivity contribution is 5.07. The molecule has 11 rings (SSSR count). The summed E-state index contributed by atoms with van der Waals surface area (Å²) < 4.78 is 0. The van der Waals surface area contributed by atoms with Crippen LogP contribution in [0.25, 0.3) is 0 Å². The predicted molar refractivity (Wildman–Crippen MR) is 229 cm³/mol. The number of fused-ring (bicyclic) bond motifs is 5. The summed E-state index contributed by atoms with van der Waals surface area (Å²) in [5.74, 6) is 16.4. The summed E-state index contributed by atoms with van der Waals surface area (Å²) in [6.45, 7) is 0. The zero-order valence-corrected chi connectivity index (χ0v) is 36.0. The molecule has 0 aromatic rings. The first-order valence-electron chi connectivity index (χ1n) is 26.8. The van der Waals surface area contributed by atoms with Gasteiger partial charge in [0, 0.05) is 18.1 Å². The van der Waals surface area contributed by atoms with E-state index in [2.05, 4.69) is 10.2 Å². The molecule has 0 aromatic heterocycles. The Labute approximate surface area is 340 Å². The van der Waals surface area contributed by atoms with Crippen molar-refractivity contribution in [3.8, 4) is 0 Å². The molecular weight excluding hydrogens is 665 g/mol. The molecule has 1 heterocycles. The molecule has 16 atom stereocenters. The third-order valence-corrected chi connectivity index (χ3v) is 21.8. The van der Waals surface area contributed by atoms with E-state index in [1.54, 1.807) is 161 Å². The third kappa shape index (κ3) is 7.32. The molecule has 1 N–H and O–H groups in total. The van der Waals surface area contributed by atoms with Crippen molar-refractivity contribution in [1.29, 1.82) is 0 Å². The first-order chi connectivity index (χ1) is 27.3. The lowest BCUT2D eigenvalue weighted by molar-refractivity contribution is -0.134. The van der Waals surface area contributed by atoms with E-state index >= 15 is 0 Å². The zero-order chi connectivity index (χ0) is 36.3. The SMILES string of the molecule is C1CCC(N2C3CCCCC3NC2C2CCC(C3CCC4C(C3)C(C3CCC5CCCCC5C3)C3CCCCC3C4C3CCC4CCCCC4C3)CC2)CC1. The maximum absolute atomic E-state index is 4.41. The largest absolute Gasteiger partial charge is 0.297 e. The molecule has 55 heavy (non-hydrogen) atoms. The van der Waals surface area contributed by atoms with Crippen LogP contribution in [-0.2, 0) is 0 Å². The average Bonchev–Trinajstić information content (AvgIpc) is 3.65. The molecule has 10 saturated carbocycles. The minimum Gasteiger partial charge on any atom is -0.297 e. The summed E-state index contributed by atoms with van der Waals surface area (Å²) in [7, 11) is 0. The van der Waals surface area contributed by atoms with Crippen LogP contribution in [0.3, 0.4) is 0 Å². The van der Waals surface area contributed by atoms with Crippen LogP contribution in [0.1, 0.15) is 218 Å². The van der Waals surface area contributed by atoms with Gasteiger partial charge in [0.2, 0.25) is 0 Å². The zero-order valence-electron chi connectivity index (χ0n) is 36.0. The lowest BCUT2D eigenvalue weighted by Crippen LogP contribution is -2.55. The van der Waals surface area contributed by atoms with Crippen molar-refractivity contribution in [1.82, 2.24) is 10.2 Å². The van der Waals surface area contributed by atoms with Gasteiger partial charge in [-0.25, -0.2) is 0 Å². The molecule has 11 aliphatic rings. The predicted octanol–water partition coefficient (Wildman–Crippen LogP) is 14.0. The smallest absolute Gasteiger partial charge is 0.0634 e. The van der Waals surface area contributed by atoms with Gasteiger partial charge in [-0.3, -0.25) is 10.2 Å². The van der Waals surface area contributed by atoms with Crippen LogP contribution in [0, 0.1) is 88.8 Å². The van der Waals surface area contributed by atoms with E-state index in [9.17, 15) is 0 Å². The second-order valence-corrected chi connectivity index (χ2v) is 23.9. The molecule has 11 fully saturated rings. The van der Waals surface area contributed by atoms with Gasteiger partial charge in [-0.05, 0) is 211 Å². The van der Waals surface area contributed by atoms with Gasteiger partial charge in [-0.1, -0.05) is 96.3 Å². The highest BCUT2D eigenvalue weighted by atomic mass is 15.4. The summed E-state index contributed by atoms with van der Waals surface area (Å²) in [6.07, 6.45) is 54.2. The molecule has 0 radical (unpaired) electrons. The highest BCUT2D eigenvalue weighted by Gasteiger charge is 2.58. The molecule has 310 valence electrons. The van der Waals surface area contributed by atoms with Gasteiger partial charge < -0.3 is 0 Å². The Kier molecular flexibility index (Phi) is 11.5. The normalized spacial score (nSPS) is 52.6. The number of hydrogen-bond acceptors (Lipinski definition) is 2. The fourth-order valence-corrected chi connectivity index (χ4v) is 19.7. The first-order valence-corrected chi connectivity index (χ1v) is 26.8. The summed E-state index contributed by atoms with van der Waals surface area (Å²) in [5.41, 5.74) is 0. The average molecular weight is 753 g/mol. The van der Waals surface area contributed by atoms with Crippen molar-refractivity contribution in [3.63, 3.8) is 0 Å². The molecule has 2 heteroatoms. The lowest BCUT2D eigenvalue weighted by atomic mass is 9.43. The summed E-state index contributed by atoms with van der Waals surface area (Å²) in [5, 5.41) is 4.41. The van der Waals surface area contributed by atoms with Crippen molar-refractivity contribution in [2.45, 2.75) is 243 Å². The van der Waals surface area contributed by atoms with Gasteiger partial charge >= 0.3 is 0 Å². The quantitative estimate of drug-likeness (QED) is 0.301. The van der Waals surface area contributed by atoms with Crippen LogP contribution >= 0.6 is 0 Å². The third-order valence-electron chi connectivity index (χ3n) is 21.8. The number of rotatable bonds is 5. The molecule has 1 saturated heterocycles. The second kappa shape index (κ2) is 16.8.